The first-order chi connectivity index (χ1) is 9.55. The summed E-state index contributed by atoms with van der Waals surface area (Å²) in [7, 11) is 1.37. The van der Waals surface area contributed by atoms with Crippen LogP contribution in [0.5, 0.6) is 0 Å². The summed E-state index contributed by atoms with van der Waals surface area (Å²) in [6, 6.07) is 0.0661. The topological polar surface area (TPSA) is 64.1 Å². The molecule has 2 aromatic rings. The fourth-order valence-electron chi connectivity index (χ4n) is 1.67. The zero-order chi connectivity index (χ0) is 14.7. The number of rotatable bonds is 5. The minimum atomic E-state index is -0.344. The van der Waals surface area contributed by atoms with Crippen LogP contribution in [0.1, 0.15) is 45.1 Å². The molecule has 0 radical (unpaired) electrons. The van der Waals surface area contributed by atoms with Crippen LogP contribution >= 0.6 is 22.7 Å². The van der Waals surface area contributed by atoms with Gasteiger partial charge in [0.25, 0.3) is 0 Å². The molecule has 0 saturated heterocycles. The van der Waals surface area contributed by atoms with Crippen LogP contribution in [-0.4, -0.2) is 23.0 Å². The largest absolute Gasteiger partial charge is 0.465 e. The molecule has 108 valence electrons. The number of carbonyl (C=O) groups is 1. The van der Waals surface area contributed by atoms with E-state index in [0.29, 0.717) is 15.7 Å². The monoisotopic (exact) mass is 311 g/mol. The molecule has 20 heavy (non-hydrogen) atoms. The first-order valence-electron chi connectivity index (χ1n) is 6.32. The van der Waals surface area contributed by atoms with Gasteiger partial charge in [-0.2, -0.15) is 0 Å². The molecule has 0 aromatic carbocycles. The number of carbonyl (C=O) groups excluding carboxylic acids is 1. The van der Waals surface area contributed by atoms with Gasteiger partial charge in [-0.1, -0.05) is 18.3 Å². The predicted molar refractivity (Wildman–Crippen MR) is 81.7 cm³/mol. The van der Waals surface area contributed by atoms with Gasteiger partial charge in [0.15, 0.2) is 5.13 Å². The lowest BCUT2D eigenvalue weighted by Gasteiger charge is -2.08. The quantitative estimate of drug-likeness (QED) is 0.857. The molecule has 1 N–H and O–H groups in total. The first kappa shape index (κ1) is 14.9. The van der Waals surface area contributed by atoms with E-state index in [2.05, 4.69) is 22.2 Å². The van der Waals surface area contributed by atoms with Gasteiger partial charge in [0.1, 0.15) is 9.88 Å². The van der Waals surface area contributed by atoms with E-state index in [4.69, 9.17) is 4.74 Å². The van der Waals surface area contributed by atoms with Gasteiger partial charge in [-0.25, -0.2) is 14.8 Å². The number of esters is 1. The molecule has 1 atom stereocenters. The van der Waals surface area contributed by atoms with Crippen molar-refractivity contribution in [3.63, 3.8) is 0 Å². The standard InChI is InChI=1S/C13H17N3O2S2/c1-5-9-6-14-11(19-9)8(3)16-13-15-7(2)10(20-13)12(17)18-4/h6,8H,5H2,1-4H3,(H,15,16). The van der Waals surface area contributed by atoms with E-state index >= 15 is 0 Å². The molecule has 0 amide bonds. The summed E-state index contributed by atoms with van der Waals surface area (Å²) in [6.45, 7) is 5.95. The highest BCUT2D eigenvalue weighted by Gasteiger charge is 2.18. The predicted octanol–water partition coefficient (Wildman–Crippen LogP) is 3.43. The molecule has 0 aliphatic carbocycles. The van der Waals surface area contributed by atoms with Crippen molar-refractivity contribution in [3.05, 3.63) is 26.7 Å². The number of thiazole rings is 2. The van der Waals surface area contributed by atoms with E-state index < -0.39 is 0 Å². The summed E-state index contributed by atoms with van der Waals surface area (Å²) in [4.78, 5) is 22.1. The van der Waals surface area contributed by atoms with E-state index in [1.807, 2.05) is 13.1 Å². The first-order valence-corrected chi connectivity index (χ1v) is 7.95. The summed E-state index contributed by atoms with van der Waals surface area (Å²) in [5, 5.41) is 5.02. The van der Waals surface area contributed by atoms with Gasteiger partial charge in [0.05, 0.1) is 18.8 Å². The molecule has 0 spiro atoms. The second-order valence-electron chi connectivity index (χ2n) is 4.31. The Balaban J connectivity index is 2.11. The molecule has 2 rings (SSSR count). The number of methoxy groups -OCH3 is 1. The van der Waals surface area contributed by atoms with Crippen LogP contribution in [0, 0.1) is 6.92 Å². The Bertz CT molecular complexity index is 607. The van der Waals surface area contributed by atoms with Crippen molar-refractivity contribution in [2.45, 2.75) is 33.2 Å². The normalized spacial score (nSPS) is 12.2. The Morgan fingerprint density at radius 2 is 2.25 bits per heavy atom. The Morgan fingerprint density at radius 3 is 2.85 bits per heavy atom. The number of nitrogens with zero attached hydrogens (tertiary/aromatic N) is 2. The van der Waals surface area contributed by atoms with E-state index in [-0.39, 0.29) is 12.0 Å². The Hall–Kier alpha value is -1.47. The summed E-state index contributed by atoms with van der Waals surface area (Å²) >= 11 is 3.00. The molecule has 5 nitrogen and oxygen atoms in total. The van der Waals surface area contributed by atoms with E-state index in [0.717, 1.165) is 11.4 Å². The van der Waals surface area contributed by atoms with Crippen molar-refractivity contribution in [1.29, 1.82) is 0 Å². The second kappa shape index (κ2) is 6.32. The van der Waals surface area contributed by atoms with Crippen molar-refractivity contribution in [1.82, 2.24) is 9.97 Å². The van der Waals surface area contributed by atoms with Crippen LogP contribution < -0.4 is 5.32 Å². The minimum absolute atomic E-state index is 0.0661. The molecular formula is C13H17N3O2S2. The maximum absolute atomic E-state index is 11.6. The van der Waals surface area contributed by atoms with Crippen molar-refractivity contribution < 1.29 is 9.53 Å². The van der Waals surface area contributed by atoms with Crippen molar-refractivity contribution in [3.8, 4) is 0 Å². The number of anilines is 1. The average Bonchev–Trinajstić information content (AvgIpc) is 3.04. The molecule has 2 heterocycles. The highest BCUT2D eigenvalue weighted by molar-refractivity contribution is 7.17. The number of ether oxygens (including phenoxy) is 1. The van der Waals surface area contributed by atoms with Gasteiger partial charge in [-0.05, 0) is 20.3 Å². The smallest absolute Gasteiger partial charge is 0.350 e. The number of aromatic nitrogens is 2. The SMILES string of the molecule is CCc1cnc(C(C)Nc2nc(C)c(C(=O)OC)s2)s1. The van der Waals surface area contributed by atoms with Gasteiger partial charge in [0.2, 0.25) is 0 Å². The molecule has 7 heteroatoms. The maximum Gasteiger partial charge on any atom is 0.350 e. The molecular weight excluding hydrogens is 294 g/mol. The lowest BCUT2D eigenvalue weighted by Crippen LogP contribution is -2.05. The highest BCUT2D eigenvalue weighted by Crippen LogP contribution is 2.28. The molecule has 0 saturated carbocycles. The third-order valence-corrected chi connectivity index (χ3v) is 5.19. The average molecular weight is 311 g/mol. The molecule has 0 aliphatic rings. The van der Waals surface area contributed by atoms with Crippen LogP contribution in [0.15, 0.2) is 6.20 Å². The number of hydrogen-bond acceptors (Lipinski definition) is 7. The van der Waals surface area contributed by atoms with Crippen LogP contribution in [-0.2, 0) is 11.2 Å². The van der Waals surface area contributed by atoms with Crippen molar-refractivity contribution >= 4 is 33.8 Å². The number of hydrogen-bond donors (Lipinski definition) is 1. The zero-order valence-electron chi connectivity index (χ0n) is 11.9. The Labute approximate surface area is 126 Å². The minimum Gasteiger partial charge on any atom is -0.465 e. The highest BCUT2D eigenvalue weighted by atomic mass is 32.1. The summed E-state index contributed by atoms with van der Waals surface area (Å²) in [6.07, 6.45) is 2.90. The van der Waals surface area contributed by atoms with Gasteiger partial charge in [-0.15, -0.1) is 11.3 Å². The number of nitrogens with one attached hydrogen (secondary N) is 1. The summed E-state index contributed by atoms with van der Waals surface area (Å²) in [5.74, 6) is -0.344. The molecule has 1 unspecified atom stereocenters. The molecule has 0 fully saturated rings. The van der Waals surface area contributed by atoms with Gasteiger partial charge >= 0.3 is 5.97 Å². The fourth-order valence-corrected chi connectivity index (χ4v) is 3.50. The lowest BCUT2D eigenvalue weighted by atomic mass is 10.4. The zero-order valence-corrected chi connectivity index (χ0v) is 13.5. The second-order valence-corrected chi connectivity index (χ2v) is 6.46. The van der Waals surface area contributed by atoms with Crippen LogP contribution in [0.3, 0.4) is 0 Å². The van der Waals surface area contributed by atoms with Crippen molar-refractivity contribution in [2.24, 2.45) is 0 Å². The van der Waals surface area contributed by atoms with E-state index in [1.165, 1.54) is 23.3 Å². The Kier molecular flexibility index (Phi) is 4.72. The maximum atomic E-state index is 11.6. The Morgan fingerprint density at radius 1 is 1.50 bits per heavy atom. The van der Waals surface area contributed by atoms with E-state index in [9.17, 15) is 4.79 Å². The number of aryl methyl sites for hydroxylation is 2. The molecule has 0 bridgehead atoms. The van der Waals surface area contributed by atoms with Crippen molar-refractivity contribution in [2.75, 3.05) is 12.4 Å². The lowest BCUT2D eigenvalue weighted by molar-refractivity contribution is 0.0605. The molecule has 0 aliphatic heterocycles. The van der Waals surface area contributed by atoms with Crippen LogP contribution in [0.2, 0.25) is 0 Å². The van der Waals surface area contributed by atoms with Gasteiger partial charge in [-0.3, -0.25) is 0 Å². The van der Waals surface area contributed by atoms with E-state index in [1.54, 1.807) is 18.3 Å². The third kappa shape index (κ3) is 3.16. The fraction of sp³-hybridized carbons (Fsp3) is 0.462. The summed E-state index contributed by atoms with van der Waals surface area (Å²) < 4.78 is 4.73. The molecule has 2 aromatic heterocycles. The third-order valence-electron chi connectivity index (χ3n) is 2.80. The van der Waals surface area contributed by atoms with Crippen LogP contribution in [0.25, 0.3) is 0 Å². The van der Waals surface area contributed by atoms with Gasteiger partial charge < -0.3 is 10.1 Å². The summed E-state index contributed by atoms with van der Waals surface area (Å²) in [5.41, 5.74) is 0.685. The van der Waals surface area contributed by atoms with Crippen LogP contribution in [0.4, 0.5) is 5.13 Å². The van der Waals surface area contributed by atoms with Gasteiger partial charge in [0, 0.05) is 11.1 Å².